The van der Waals surface area contributed by atoms with Crippen molar-refractivity contribution in [1.82, 2.24) is 10.6 Å². The van der Waals surface area contributed by atoms with Gasteiger partial charge in [-0.3, -0.25) is 14.4 Å². The van der Waals surface area contributed by atoms with E-state index < -0.39 is 54.8 Å². The van der Waals surface area contributed by atoms with E-state index in [1.807, 2.05) is 0 Å². The minimum Gasteiger partial charge on any atom is -0.508 e. The summed E-state index contributed by atoms with van der Waals surface area (Å²) in [6.07, 6.45) is -0.543. The van der Waals surface area contributed by atoms with E-state index in [9.17, 15) is 34.5 Å². The zero-order valence-electron chi connectivity index (χ0n) is 14.3. The zero-order chi connectivity index (χ0) is 20.6. The van der Waals surface area contributed by atoms with Gasteiger partial charge < -0.3 is 37.4 Å². The number of aliphatic hydroxyl groups is 1. The number of phenols is 1. The second kappa shape index (κ2) is 10.1. The van der Waals surface area contributed by atoms with Gasteiger partial charge in [-0.25, -0.2) is 4.79 Å². The molecule has 0 saturated carbocycles. The molecule has 3 atom stereocenters. The maximum atomic E-state index is 12.2. The van der Waals surface area contributed by atoms with E-state index in [2.05, 4.69) is 10.6 Å². The highest BCUT2D eigenvalue weighted by molar-refractivity contribution is 5.93. The Morgan fingerprint density at radius 3 is 2.04 bits per heavy atom. The zero-order valence-corrected chi connectivity index (χ0v) is 14.3. The van der Waals surface area contributed by atoms with Crippen molar-refractivity contribution in [3.05, 3.63) is 29.8 Å². The highest BCUT2D eigenvalue weighted by Crippen LogP contribution is 2.11. The number of nitrogens with two attached hydrogens (primary N) is 2. The van der Waals surface area contributed by atoms with Gasteiger partial charge in [-0.05, 0) is 17.7 Å². The van der Waals surface area contributed by atoms with Crippen LogP contribution in [-0.4, -0.2) is 63.7 Å². The number of primary amides is 1. The molecule has 1 aromatic rings. The summed E-state index contributed by atoms with van der Waals surface area (Å²) in [5, 5.41) is 32.1. The lowest BCUT2D eigenvalue weighted by molar-refractivity contribution is -0.142. The molecule has 0 heterocycles. The van der Waals surface area contributed by atoms with Crippen molar-refractivity contribution in [2.24, 2.45) is 11.5 Å². The van der Waals surface area contributed by atoms with E-state index in [1.54, 1.807) is 0 Å². The minimum absolute atomic E-state index is 0.00465. The molecular formula is C16H22N4O7. The molecule has 0 aliphatic rings. The first kappa shape index (κ1) is 21.9. The Morgan fingerprint density at radius 1 is 1.00 bits per heavy atom. The number of nitrogens with one attached hydrogen (secondary N) is 2. The van der Waals surface area contributed by atoms with Crippen LogP contribution in [0.15, 0.2) is 24.3 Å². The van der Waals surface area contributed by atoms with Crippen LogP contribution in [0.25, 0.3) is 0 Å². The summed E-state index contributed by atoms with van der Waals surface area (Å²) in [6.45, 7) is -0.813. The highest BCUT2D eigenvalue weighted by Gasteiger charge is 2.28. The quantitative estimate of drug-likeness (QED) is 0.224. The summed E-state index contributed by atoms with van der Waals surface area (Å²) in [5.41, 5.74) is 10.9. The molecule has 1 rings (SSSR count). The van der Waals surface area contributed by atoms with Gasteiger partial charge in [0, 0.05) is 6.42 Å². The molecule has 0 bridgehead atoms. The topological polar surface area (TPSA) is 205 Å². The molecule has 11 nitrogen and oxygen atoms in total. The standard InChI is InChI=1S/C16H22N4O7/c17-10(6-13(18)23)14(24)20-12(7-21)15(25)19-11(16(26)27)5-8-1-3-9(22)4-2-8/h1-4,10-12,21-22H,5-7,17H2,(H2,18,23)(H,19,25)(H,20,24)(H,26,27). The average molecular weight is 382 g/mol. The molecule has 1 aromatic carbocycles. The van der Waals surface area contributed by atoms with E-state index in [4.69, 9.17) is 11.5 Å². The molecule has 0 radical (unpaired) electrons. The van der Waals surface area contributed by atoms with Crippen molar-refractivity contribution in [1.29, 1.82) is 0 Å². The molecule has 0 aromatic heterocycles. The van der Waals surface area contributed by atoms with E-state index in [1.165, 1.54) is 24.3 Å². The summed E-state index contributed by atoms with van der Waals surface area (Å²) in [6, 6.07) is 1.61. The third-order valence-corrected chi connectivity index (χ3v) is 3.56. The number of rotatable bonds is 10. The van der Waals surface area contributed by atoms with Gasteiger partial charge in [0.05, 0.1) is 19.1 Å². The van der Waals surface area contributed by atoms with Gasteiger partial charge in [-0.15, -0.1) is 0 Å². The normalized spacial score (nSPS) is 13.9. The van der Waals surface area contributed by atoms with Crippen LogP contribution in [0.2, 0.25) is 0 Å². The van der Waals surface area contributed by atoms with Crippen molar-refractivity contribution >= 4 is 23.7 Å². The first-order chi connectivity index (χ1) is 12.6. The lowest BCUT2D eigenvalue weighted by Gasteiger charge is -2.21. The van der Waals surface area contributed by atoms with E-state index in [-0.39, 0.29) is 12.2 Å². The average Bonchev–Trinajstić information content (AvgIpc) is 2.59. The lowest BCUT2D eigenvalue weighted by atomic mass is 10.1. The van der Waals surface area contributed by atoms with Crippen molar-refractivity contribution in [2.75, 3.05) is 6.61 Å². The minimum atomic E-state index is -1.46. The smallest absolute Gasteiger partial charge is 0.326 e. The molecule has 0 aliphatic heterocycles. The highest BCUT2D eigenvalue weighted by atomic mass is 16.4. The van der Waals surface area contributed by atoms with E-state index >= 15 is 0 Å². The molecule has 11 heteroatoms. The van der Waals surface area contributed by atoms with Gasteiger partial charge in [0.25, 0.3) is 0 Å². The Balaban J connectivity index is 2.74. The third kappa shape index (κ3) is 7.30. The number of hydrogen-bond acceptors (Lipinski definition) is 7. The van der Waals surface area contributed by atoms with Gasteiger partial charge in [-0.2, -0.15) is 0 Å². The van der Waals surface area contributed by atoms with Crippen LogP contribution in [-0.2, 0) is 25.6 Å². The first-order valence-electron chi connectivity index (χ1n) is 7.90. The monoisotopic (exact) mass is 382 g/mol. The number of benzene rings is 1. The van der Waals surface area contributed by atoms with Gasteiger partial charge in [0.1, 0.15) is 17.8 Å². The largest absolute Gasteiger partial charge is 0.508 e. The molecule has 0 saturated heterocycles. The van der Waals surface area contributed by atoms with Gasteiger partial charge >= 0.3 is 5.97 Å². The first-order valence-corrected chi connectivity index (χ1v) is 7.90. The molecule has 27 heavy (non-hydrogen) atoms. The number of carbonyl (C=O) groups excluding carboxylic acids is 3. The molecule has 0 aliphatic carbocycles. The molecule has 3 amide bonds. The van der Waals surface area contributed by atoms with E-state index in [0.717, 1.165) is 0 Å². The predicted molar refractivity (Wildman–Crippen MR) is 92.2 cm³/mol. The Morgan fingerprint density at radius 2 is 1.56 bits per heavy atom. The second-order valence-electron chi connectivity index (χ2n) is 5.79. The van der Waals surface area contributed by atoms with Crippen molar-refractivity contribution < 1.29 is 34.5 Å². The van der Waals surface area contributed by atoms with Crippen LogP contribution in [0.4, 0.5) is 0 Å². The number of carbonyl (C=O) groups is 4. The van der Waals surface area contributed by atoms with Crippen LogP contribution in [0.3, 0.4) is 0 Å². The van der Waals surface area contributed by atoms with Crippen LogP contribution < -0.4 is 22.1 Å². The summed E-state index contributed by atoms with van der Waals surface area (Å²) in [4.78, 5) is 46.2. The summed E-state index contributed by atoms with van der Waals surface area (Å²) in [5.74, 6) is -3.98. The fourth-order valence-electron chi connectivity index (χ4n) is 2.12. The molecular weight excluding hydrogens is 360 g/mol. The molecule has 148 valence electrons. The number of aliphatic hydroxyl groups excluding tert-OH is 1. The van der Waals surface area contributed by atoms with Crippen LogP contribution >= 0.6 is 0 Å². The number of aromatic hydroxyl groups is 1. The van der Waals surface area contributed by atoms with E-state index in [0.29, 0.717) is 5.56 Å². The number of phenolic OH excluding ortho intramolecular Hbond substituents is 1. The van der Waals surface area contributed by atoms with Crippen LogP contribution in [0.1, 0.15) is 12.0 Å². The number of carboxylic acid groups (broad SMARTS) is 1. The summed E-state index contributed by atoms with van der Waals surface area (Å²) < 4.78 is 0. The molecule has 0 fully saturated rings. The molecule has 3 unspecified atom stereocenters. The maximum absolute atomic E-state index is 12.2. The van der Waals surface area contributed by atoms with Gasteiger partial charge in [0.15, 0.2) is 0 Å². The van der Waals surface area contributed by atoms with Crippen LogP contribution in [0.5, 0.6) is 5.75 Å². The number of carboxylic acids is 1. The fourth-order valence-corrected chi connectivity index (χ4v) is 2.12. The third-order valence-electron chi connectivity index (χ3n) is 3.56. The second-order valence-corrected chi connectivity index (χ2v) is 5.79. The Kier molecular flexibility index (Phi) is 8.17. The number of amides is 3. The number of aliphatic carboxylic acids is 1. The maximum Gasteiger partial charge on any atom is 0.326 e. The number of hydrogen-bond donors (Lipinski definition) is 7. The SMILES string of the molecule is NC(=O)CC(N)C(=O)NC(CO)C(=O)NC(Cc1ccc(O)cc1)C(=O)O. The predicted octanol–water partition coefficient (Wildman–Crippen LogP) is -2.82. The summed E-state index contributed by atoms with van der Waals surface area (Å²) in [7, 11) is 0. The Hall–Kier alpha value is -3.18. The Bertz CT molecular complexity index is 693. The molecule has 0 spiro atoms. The van der Waals surface area contributed by atoms with Crippen molar-refractivity contribution in [2.45, 2.75) is 31.0 Å². The van der Waals surface area contributed by atoms with Crippen LogP contribution in [0, 0.1) is 0 Å². The lowest BCUT2D eigenvalue weighted by Crippen LogP contribution is -2.56. The Labute approximate surface area is 154 Å². The van der Waals surface area contributed by atoms with Gasteiger partial charge in [-0.1, -0.05) is 12.1 Å². The molecule has 9 N–H and O–H groups in total. The van der Waals surface area contributed by atoms with Gasteiger partial charge in [0.2, 0.25) is 17.7 Å². The van der Waals surface area contributed by atoms with Crippen molar-refractivity contribution in [3.63, 3.8) is 0 Å². The summed E-state index contributed by atoms with van der Waals surface area (Å²) >= 11 is 0. The fraction of sp³-hybridized carbons (Fsp3) is 0.375. The van der Waals surface area contributed by atoms with Crippen molar-refractivity contribution in [3.8, 4) is 5.75 Å².